The lowest BCUT2D eigenvalue weighted by molar-refractivity contribution is -0.158. The number of fused-ring (bicyclic) bond motifs is 1. The molecule has 0 spiro atoms. The quantitative estimate of drug-likeness (QED) is 0.754. The van der Waals surface area contributed by atoms with E-state index >= 15 is 0 Å². The van der Waals surface area contributed by atoms with E-state index in [1.165, 1.54) is 18.4 Å². The van der Waals surface area contributed by atoms with E-state index in [1.54, 1.807) is 23.0 Å². The Labute approximate surface area is 132 Å². The highest BCUT2D eigenvalue weighted by Crippen LogP contribution is 2.46. The van der Waals surface area contributed by atoms with Crippen molar-refractivity contribution in [2.75, 3.05) is 7.11 Å². The van der Waals surface area contributed by atoms with Crippen molar-refractivity contribution in [1.29, 1.82) is 0 Å². The summed E-state index contributed by atoms with van der Waals surface area (Å²) < 4.78 is 11.6. The first kappa shape index (κ1) is 13.9. The summed E-state index contributed by atoms with van der Waals surface area (Å²) >= 11 is 10.9. The number of esters is 1. The van der Waals surface area contributed by atoms with Gasteiger partial charge in [-0.15, -0.1) is 11.3 Å². The molecule has 1 aromatic carbocycles. The van der Waals surface area contributed by atoms with Gasteiger partial charge in [-0.05, 0) is 28.1 Å². The highest BCUT2D eigenvalue weighted by Gasteiger charge is 2.51. The van der Waals surface area contributed by atoms with Crippen LogP contribution in [0.4, 0.5) is 0 Å². The Morgan fingerprint density at radius 1 is 1.60 bits per heavy atom. The molecular formula is C13H9BrClNO3S. The lowest BCUT2D eigenvalue weighted by Gasteiger charge is -2.23. The molecule has 1 aliphatic rings. The highest BCUT2D eigenvalue weighted by atomic mass is 79.9. The smallest absolute Gasteiger partial charge is 0.357 e. The molecule has 1 unspecified atom stereocenters. The summed E-state index contributed by atoms with van der Waals surface area (Å²) in [6.45, 7) is 0. The molecule has 0 N–H and O–H groups in total. The van der Waals surface area contributed by atoms with Gasteiger partial charge >= 0.3 is 5.97 Å². The Bertz CT molecular complexity index is 677. The van der Waals surface area contributed by atoms with Crippen molar-refractivity contribution in [1.82, 2.24) is 4.98 Å². The summed E-state index contributed by atoms with van der Waals surface area (Å²) in [5.41, 5.74) is 1.82. The summed E-state index contributed by atoms with van der Waals surface area (Å²) in [6.07, 6.45) is 0.333. The number of benzene rings is 1. The number of rotatable bonds is 2. The summed E-state index contributed by atoms with van der Waals surface area (Å²) in [5.74, 6) is 0.141. The molecule has 4 nitrogen and oxygen atoms in total. The van der Waals surface area contributed by atoms with E-state index < -0.39 is 11.6 Å². The lowest BCUT2D eigenvalue weighted by atomic mass is 9.94. The van der Waals surface area contributed by atoms with Gasteiger partial charge in [0.15, 0.2) is 0 Å². The molecule has 7 heteroatoms. The molecular weight excluding hydrogens is 366 g/mol. The van der Waals surface area contributed by atoms with Crippen LogP contribution in [0.2, 0.25) is 5.02 Å². The predicted molar refractivity (Wildman–Crippen MR) is 79.3 cm³/mol. The molecule has 2 aromatic rings. The fourth-order valence-corrected chi connectivity index (χ4v) is 3.51. The number of hydrogen-bond acceptors (Lipinski definition) is 5. The molecule has 0 saturated heterocycles. The molecule has 1 atom stereocenters. The first-order valence-electron chi connectivity index (χ1n) is 5.71. The van der Waals surface area contributed by atoms with Crippen molar-refractivity contribution >= 4 is 44.8 Å². The molecule has 1 aliphatic heterocycles. The van der Waals surface area contributed by atoms with Crippen LogP contribution in [-0.4, -0.2) is 18.1 Å². The van der Waals surface area contributed by atoms with Crippen LogP contribution in [0.3, 0.4) is 0 Å². The van der Waals surface area contributed by atoms with Gasteiger partial charge in [0, 0.05) is 21.8 Å². The SMILES string of the molecule is COC(=O)C1(c2cscn2)Cc2c(ccc(Cl)c2Br)O1. The summed E-state index contributed by atoms with van der Waals surface area (Å²) in [6, 6.07) is 3.47. The normalized spacial score (nSPS) is 20.4. The van der Waals surface area contributed by atoms with E-state index in [4.69, 9.17) is 21.1 Å². The van der Waals surface area contributed by atoms with Crippen LogP contribution in [0.25, 0.3) is 0 Å². The van der Waals surface area contributed by atoms with Crippen molar-refractivity contribution in [3.63, 3.8) is 0 Å². The molecule has 0 bridgehead atoms. The Morgan fingerprint density at radius 3 is 3.05 bits per heavy atom. The van der Waals surface area contributed by atoms with Crippen molar-refractivity contribution in [2.24, 2.45) is 0 Å². The largest absolute Gasteiger partial charge is 0.468 e. The van der Waals surface area contributed by atoms with Crippen molar-refractivity contribution in [3.05, 3.63) is 43.8 Å². The number of carbonyl (C=O) groups excluding carboxylic acids is 1. The molecule has 0 amide bonds. The predicted octanol–water partition coefficient (Wildman–Crippen LogP) is 3.56. The maximum atomic E-state index is 12.3. The first-order chi connectivity index (χ1) is 9.58. The maximum absolute atomic E-state index is 12.3. The molecule has 0 saturated carbocycles. The third kappa shape index (κ3) is 1.94. The fourth-order valence-electron chi connectivity index (χ4n) is 2.25. The summed E-state index contributed by atoms with van der Waals surface area (Å²) in [5, 5.41) is 2.37. The summed E-state index contributed by atoms with van der Waals surface area (Å²) in [7, 11) is 1.34. The highest BCUT2D eigenvalue weighted by molar-refractivity contribution is 9.10. The molecule has 20 heavy (non-hydrogen) atoms. The van der Waals surface area contributed by atoms with Crippen LogP contribution in [0.5, 0.6) is 5.75 Å². The van der Waals surface area contributed by atoms with Crippen LogP contribution in [0, 0.1) is 0 Å². The first-order valence-corrected chi connectivity index (χ1v) is 7.83. The Balaban J connectivity index is 2.13. The minimum Gasteiger partial charge on any atom is -0.468 e. The number of carbonyl (C=O) groups is 1. The van der Waals surface area contributed by atoms with Gasteiger partial charge in [0.1, 0.15) is 11.4 Å². The van der Waals surface area contributed by atoms with Crippen LogP contribution in [0.1, 0.15) is 11.3 Å². The molecule has 0 aliphatic carbocycles. The zero-order valence-corrected chi connectivity index (χ0v) is 13.5. The zero-order chi connectivity index (χ0) is 14.3. The van der Waals surface area contributed by atoms with E-state index in [-0.39, 0.29) is 0 Å². The zero-order valence-electron chi connectivity index (χ0n) is 10.4. The number of thiazole rings is 1. The monoisotopic (exact) mass is 373 g/mol. The average molecular weight is 375 g/mol. The second-order valence-corrected chi connectivity index (χ2v) is 6.23. The lowest BCUT2D eigenvalue weighted by Crippen LogP contribution is -2.41. The number of methoxy groups -OCH3 is 1. The van der Waals surface area contributed by atoms with Gasteiger partial charge in [-0.25, -0.2) is 9.78 Å². The fraction of sp³-hybridized carbons (Fsp3) is 0.231. The molecule has 0 fully saturated rings. The molecule has 2 heterocycles. The van der Waals surface area contributed by atoms with E-state index in [0.29, 0.717) is 22.9 Å². The summed E-state index contributed by atoms with van der Waals surface area (Å²) in [4.78, 5) is 16.5. The molecule has 3 rings (SSSR count). The van der Waals surface area contributed by atoms with E-state index in [1.807, 2.05) is 0 Å². The van der Waals surface area contributed by atoms with Crippen molar-refractivity contribution < 1.29 is 14.3 Å². The van der Waals surface area contributed by atoms with Gasteiger partial charge in [0.25, 0.3) is 5.60 Å². The van der Waals surface area contributed by atoms with Gasteiger partial charge in [-0.2, -0.15) is 0 Å². The van der Waals surface area contributed by atoms with Crippen LogP contribution in [-0.2, 0) is 21.6 Å². The van der Waals surface area contributed by atoms with Gasteiger partial charge in [-0.3, -0.25) is 0 Å². The number of halogens is 2. The van der Waals surface area contributed by atoms with Gasteiger partial charge < -0.3 is 9.47 Å². The number of nitrogens with zero attached hydrogens (tertiary/aromatic N) is 1. The van der Waals surface area contributed by atoms with Crippen LogP contribution in [0.15, 0.2) is 27.5 Å². The van der Waals surface area contributed by atoms with Gasteiger partial charge in [0.2, 0.25) is 0 Å². The van der Waals surface area contributed by atoms with E-state index in [0.717, 1.165) is 10.0 Å². The Kier molecular flexibility index (Phi) is 3.48. The Morgan fingerprint density at radius 2 is 2.40 bits per heavy atom. The number of hydrogen-bond donors (Lipinski definition) is 0. The topological polar surface area (TPSA) is 48.4 Å². The van der Waals surface area contributed by atoms with Crippen LogP contribution < -0.4 is 4.74 Å². The Hall–Kier alpha value is -1.11. The van der Waals surface area contributed by atoms with Crippen molar-refractivity contribution in [3.8, 4) is 5.75 Å². The second kappa shape index (κ2) is 5.02. The average Bonchev–Trinajstić information content (AvgIpc) is 3.09. The van der Waals surface area contributed by atoms with E-state index in [9.17, 15) is 4.79 Å². The van der Waals surface area contributed by atoms with Gasteiger partial charge in [0.05, 0.1) is 17.6 Å². The van der Waals surface area contributed by atoms with Crippen molar-refractivity contribution in [2.45, 2.75) is 12.0 Å². The minimum absolute atomic E-state index is 0.333. The second-order valence-electron chi connectivity index (χ2n) is 4.31. The molecule has 1 aromatic heterocycles. The third-order valence-electron chi connectivity index (χ3n) is 3.22. The standard InChI is InChI=1S/C13H9BrClNO3S/c1-18-12(17)13(10-5-20-6-16-10)4-7-9(19-13)3-2-8(15)11(7)14/h2-3,5-6H,4H2,1H3. The molecule has 0 radical (unpaired) electrons. The number of aromatic nitrogens is 1. The van der Waals surface area contributed by atoms with Gasteiger partial charge in [-0.1, -0.05) is 11.6 Å². The molecule has 104 valence electrons. The minimum atomic E-state index is -1.23. The van der Waals surface area contributed by atoms with E-state index in [2.05, 4.69) is 20.9 Å². The third-order valence-corrected chi connectivity index (χ3v) is 5.26. The maximum Gasteiger partial charge on any atom is 0.357 e. The number of ether oxygens (including phenoxy) is 2. The van der Waals surface area contributed by atoms with Crippen LogP contribution >= 0.6 is 38.9 Å².